The fourth-order valence-electron chi connectivity index (χ4n) is 0.882. The Kier molecular flexibility index (Phi) is 3.61. The average Bonchev–Trinajstić information content (AvgIpc) is 2.61. The second-order valence-corrected chi connectivity index (χ2v) is 2.86. The van der Waals surface area contributed by atoms with Gasteiger partial charge in [-0.15, -0.1) is 0 Å². The molecule has 1 aromatic rings. The van der Waals surface area contributed by atoms with E-state index in [9.17, 15) is 4.79 Å². The molecule has 0 aliphatic heterocycles. The molecule has 6 heteroatoms. The number of hydrogen-bond donors (Lipinski definition) is 3. The van der Waals surface area contributed by atoms with Gasteiger partial charge in [-0.25, -0.2) is 0 Å². The van der Waals surface area contributed by atoms with Crippen molar-refractivity contribution in [3.05, 3.63) is 17.5 Å². The van der Waals surface area contributed by atoms with Gasteiger partial charge in [0.15, 0.2) is 5.69 Å². The fraction of sp³-hybridized carbons (Fsp3) is 0.500. The zero-order valence-corrected chi connectivity index (χ0v) is 7.73. The van der Waals surface area contributed by atoms with Crippen LogP contribution in [0.1, 0.15) is 16.2 Å². The summed E-state index contributed by atoms with van der Waals surface area (Å²) in [5.41, 5.74) is 0.134. The monoisotopic (exact) mass is 200 g/mol. The van der Waals surface area contributed by atoms with Gasteiger partial charge in [-0.1, -0.05) is 5.16 Å². The van der Waals surface area contributed by atoms with Crippen LogP contribution >= 0.6 is 0 Å². The molecule has 1 amide bonds. The van der Waals surface area contributed by atoms with Gasteiger partial charge in [0.25, 0.3) is 5.91 Å². The Morgan fingerprint density at radius 3 is 2.71 bits per heavy atom. The first-order valence-electron chi connectivity index (χ1n) is 4.13. The molecule has 0 fully saturated rings. The first kappa shape index (κ1) is 10.7. The standard InChI is InChI=1S/C8H12N2O4/c1-5-2-7(10-14-5)8(13)9-6(3-11)4-12/h2,6,11-12H,3-4H2,1H3,(H,9,13). The zero-order valence-electron chi connectivity index (χ0n) is 7.73. The maximum absolute atomic E-state index is 11.3. The van der Waals surface area contributed by atoms with Crippen LogP contribution in [0.3, 0.4) is 0 Å². The number of hydrogen-bond acceptors (Lipinski definition) is 5. The third-order valence-electron chi connectivity index (χ3n) is 1.64. The van der Waals surface area contributed by atoms with Crippen molar-refractivity contribution in [2.75, 3.05) is 13.2 Å². The van der Waals surface area contributed by atoms with Crippen molar-refractivity contribution in [3.63, 3.8) is 0 Å². The van der Waals surface area contributed by atoms with Gasteiger partial charge in [0.1, 0.15) is 5.76 Å². The van der Waals surface area contributed by atoms with Gasteiger partial charge in [0, 0.05) is 6.07 Å². The molecule has 0 aromatic carbocycles. The highest BCUT2D eigenvalue weighted by Crippen LogP contribution is 2.01. The van der Waals surface area contributed by atoms with Gasteiger partial charge < -0.3 is 20.1 Å². The van der Waals surface area contributed by atoms with Crippen molar-refractivity contribution in [3.8, 4) is 0 Å². The lowest BCUT2D eigenvalue weighted by Gasteiger charge is -2.11. The zero-order chi connectivity index (χ0) is 10.6. The molecule has 0 saturated heterocycles. The number of carbonyl (C=O) groups excluding carboxylic acids is 1. The Hall–Kier alpha value is -1.40. The summed E-state index contributed by atoms with van der Waals surface area (Å²) >= 11 is 0. The number of aryl methyl sites for hydroxylation is 1. The fourth-order valence-corrected chi connectivity index (χ4v) is 0.882. The molecule has 0 aliphatic carbocycles. The summed E-state index contributed by atoms with van der Waals surface area (Å²) in [6.45, 7) is 1.03. The van der Waals surface area contributed by atoms with E-state index in [1.165, 1.54) is 6.07 Å². The molecule has 6 nitrogen and oxygen atoms in total. The molecule has 14 heavy (non-hydrogen) atoms. The number of nitrogens with zero attached hydrogens (tertiary/aromatic N) is 1. The van der Waals surface area contributed by atoms with Crippen LogP contribution in [0.15, 0.2) is 10.6 Å². The van der Waals surface area contributed by atoms with E-state index in [4.69, 9.17) is 14.7 Å². The molecule has 0 radical (unpaired) electrons. The summed E-state index contributed by atoms with van der Waals surface area (Å²) in [5.74, 6) is 0.0506. The Morgan fingerprint density at radius 1 is 1.64 bits per heavy atom. The van der Waals surface area contributed by atoms with Gasteiger partial charge in [0.05, 0.1) is 19.3 Å². The topological polar surface area (TPSA) is 95.6 Å². The van der Waals surface area contributed by atoms with Gasteiger partial charge in [0.2, 0.25) is 0 Å². The highest BCUT2D eigenvalue weighted by molar-refractivity contribution is 5.92. The van der Waals surface area contributed by atoms with E-state index in [1.807, 2.05) is 0 Å². The van der Waals surface area contributed by atoms with E-state index in [0.717, 1.165) is 0 Å². The normalized spacial score (nSPS) is 10.6. The van der Waals surface area contributed by atoms with Gasteiger partial charge in [-0.3, -0.25) is 4.79 Å². The van der Waals surface area contributed by atoms with E-state index in [1.54, 1.807) is 6.92 Å². The predicted octanol–water partition coefficient (Wildman–Crippen LogP) is -0.934. The van der Waals surface area contributed by atoms with E-state index >= 15 is 0 Å². The molecule has 78 valence electrons. The quantitative estimate of drug-likeness (QED) is 0.583. The highest BCUT2D eigenvalue weighted by atomic mass is 16.5. The highest BCUT2D eigenvalue weighted by Gasteiger charge is 2.14. The minimum atomic E-state index is -0.667. The number of aliphatic hydroxyl groups is 2. The molecule has 1 rings (SSSR count). The number of amides is 1. The molecule has 0 bridgehead atoms. The molecule has 1 aromatic heterocycles. The summed E-state index contributed by atoms with van der Waals surface area (Å²) < 4.78 is 4.70. The van der Waals surface area contributed by atoms with E-state index in [-0.39, 0.29) is 18.9 Å². The van der Waals surface area contributed by atoms with Crippen molar-refractivity contribution in [1.29, 1.82) is 0 Å². The van der Waals surface area contributed by atoms with Gasteiger partial charge >= 0.3 is 0 Å². The van der Waals surface area contributed by atoms with Crippen LogP contribution in [-0.4, -0.2) is 40.5 Å². The minimum Gasteiger partial charge on any atom is -0.394 e. The second-order valence-electron chi connectivity index (χ2n) is 2.86. The average molecular weight is 200 g/mol. The maximum atomic E-state index is 11.3. The molecule has 0 unspecified atom stereocenters. The molecule has 0 aliphatic rings. The SMILES string of the molecule is Cc1cc(C(=O)NC(CO)CO)no1. The van der Waals surface area contributed by atoms with Crippen molar-refractivity contribution in [2.24, 2.45) is 0 Å². The largest absolute Gasteiger partial charge is 0.394 e. The van der Waals surface area contributed by atoms with Crippen molar-refractivity contribution >= 4 is 5.91 Å². The Balaban J connectivity index is 2.58. The molecule has 1 heterocycles. The van der Waals surface area contributed by atoms with Gasteiger partial charge in [-0.2, -0.15) is 0 Å². The predicted molar refractivity (Wildman–Crippen MR) is 46.7 cm³/mol. The Morgan fingerprint density at radius 2 is 2.29 bits per heavy atom. The van der Waals surface area contributed by atoms with Crippen LogP contribution in [0.25, 0.3) is 0 Å². The lowest BCUT2D eigenvalue weighted by atomic mass is 10.3. The van der Waals surface area contributed by atoms with E-state index in [0.29, 0.717) is 5.76 Å². The summed E-state index contributed by atoms with van der Waals surface area (Å²) in [7, 11) is 0. The van der Waals surface area contributed by atoms with Gasteiger partial charge in [-0.05, 0) is 6.92 Å². The van der Waals surface area contributed by atoms with Crippen molar-refractivity contribution < 1.29 is 19.5 Å². The first-order chi connectivity index (χ1) is 6.67. The molecule has 0 saturated carbocycles. The smallest absolute Gasteiger partial charge is 0.273 e. The van der Waals surface area contributed by atoms with Crippen molar-refractivity contribution in [2.45, 2.75) is 13.0 Å². The summed E-state index contributed by atoms with van der Waals surface area (Å²) in [4.78, 5) is 11.3. The summed E-state index contributed by atoms with van der Waals surface area (Å²) in [5, 5.41) is 23.3. The number of aliphatic hydroxyl groups excluding tert-OH is 2. The van der Waals surface area contributed by atoms with Crippen LogP contribution in [0.4, 0.5) is 0 Å². The third kappa shape index (κ3) is 2.54. The summed E-state index contributed by atoms with van der Waals surface area (Å²) in [6, 6.07) is 0.806. The Bertz CT molecular complexity index is 306. The number of carbonyl (C=O) groups is 1. The lowest BCUT2D eigenvalue weighted by molar-refractivity contribution is 0.0870. The molecule has 0 spiro atoms. The van der Waals surface area contributed by atoms with Crippen molar-refractivity contribution in [1.82, 2.24) is 10.5 Å². The lowest BCUT2D eigenvalue weighted by Crippen LogP contribution is -2.40. The van der Waals surface area contributed by atoms with Crippen LogP contribution in [0, 0.1) is 6.92 Å². The minimum absolute atomic E-state index is 0.134. The first-order valence-corrected chi connectivity index (χ1v) is 4.13. The molecular weight excluding hydrogens is 188 g/mol. The second kappa shape index (κ2) is 4.73. The third-order valence-corrected chi connectivity index (χ3v) is 1.64. The molecule has 3 N–H and O–H groups in total. The number of rotatable bonds is 4. The Labute approximate surface area is 80.5 Å². The van der Waals surface area contributed by atoms with E-state index < -0.39 is 11.9 Å². The summed E-state index contributed by atoms with van der Waals surface area (Å²) in [6.07, 6.45) is 0. The number of aromatic nitrogens is 1. The van der Waals surface area contributed by atoms with Crippen LogP contribution in [0.2, 0.25) is 0 Å². The number of nitrogens with one attached hydrogen (secondary N) is 1. The van der Waals surface area contributed by atoms with Crippen LogP contribution in [0.5, 0.6) is 0 Å². The molecular formula is C8H12N2O4. The van der Waals surface area contributed by atoms with E-state index in [2.05, 4.69) is 10.5 Å². The van der Waals surface area contributed by atoms with Crippen LogP contribution in [-0.2, 0) is 0 Å². The maximum Gasteiger partial charge on any atom is 0.273 e. The van der Waals surface area contributed by atoms with Crippen LogP contribution < -0.4 is 5.32 Å². The molecule has 0 atom stereocenters.